The number of nitrogen functional groups attached to an aromatic ring is 1. The van der Waals surface area contributed by atoms with Crippen molar-refractivity contribution in [3.05, 3.63) is 293 Å². The first-order chi connectivity index (χ1) is 40.5. The van der Waals surface area contributed by atoms with Gasteiger partial charge in [0.25, 0.3) is 5.69 Å². The predicted octanol–water partition coefficient (Wildman–Crippen LogP) is 11.6. The normalized spacial score (nSPS) is 10.6. The Labute approximate surface area is 470 Å². The fourth-order valence-electron chi connectivity index (χ4n) is 8.89. The number of carbonyl (C=O) groups excluding carboxylic acids is 4. The van der Waals surface area contributed by atoms with Crippen LogP contribution in [-0.2, 0) is 0 Å². The van der Waals surface area contributed by atoms with E-state index in [0.717, 1.165) is 39.1 Å². The number of rotatable bonds is 9. The van der Waals surface area contributed by atoms with E-state index < -0.39 is 4.92 Å². The summed E-state index contributed by atoms with van der Waals surface area (Å²) in [5, 5.41) is 33.1. The molecule has 0 radical (unpaired) electrons. The van der Waals surface area contributed by atoms with Gasteiger partial charge >= 0.3 is 0 Å². The van der Waals surface area contributed by atoms with E-state index in [0.29, 0.717) is 71.8 Å². The molecule has 0 spiro atoms. The molecule has 10 heterocycles. The maximum atomic E-state index is 12.5. The number of benzene rings is 4. The first-order valence-corrected chi connectivity index (χ1v) is 25.4. The van der Waals surface area contributed by atoms with Gasteiger partial charge in [-0.3, -0.25) is 29.3 Å². The molecule has 0 unspecified atom stereocenters. The monoisotopic (exact) mass is 1100 g/mol. The highest BCUT2D eigenvalue weighted by atomic mass is 16.6. The molecule has 0 saturated heterocycles. The lowest BCUT2D eigenvalue weighted by Crippen LogP contribution is -2.06. The van der Waals surface area contributed by atoms with Crippen LogP contribution in [0, 0.1) is 10.1 Å². The van der Waals surface area contributed by atoms with Crippen molar-refractivity contribution < 1.29 is 34.5 Å². The molecule has 0 fully saturated rings. The zero-order chi connectivity index (χ0) is 57.8. The number of fused-ring (bicyclic) bond motifs is 5. The summed E-state index contributed by atoms with van der Waals surface area (Å²) in [5.41, 5.74) is 13.3. The van der Waals surface area contributed by atoms with E-state index in [1.165, 1.54) is 18.6 Å². The Morgan fingerprint density at radius 1 is 0.470 bits per heavy atom. The molecular formula is C63H46N12O8. The van der Waals surface area contributed by atoms with Gasteiger partial charge in [0, 0.05) is 112 Å². The van der Waals surface area contributed by atoms with Crippen LogP contribution in [0.1, 0.15) is 63.7 Å². The van der Waals surface area contributed by atoms with E-state index in [9.17, 15) is 39.7 Å². The number of hydrogen-bond donors (Lipinski definition) is 6. The Balaban J connectivity index is 0.000000118. The van der Waals surface area contributed by atoms with Gasteiger partial charge in [-0.05, 0) is 48.5 Å². The molecule has 0 atom stereocenters. The molecule has 10 aromatic rings. The number of nitrogens with zero attached hydrogens (tertiary/aromatic N) is 8. The molecule has 83 heavy (non-hydrogen) atoms. The van der Waals surface area contributed by atoms with Crippen LogP contribution in [0.4, 0.5) is 11.4 Å². The molecule has 0 aliphatic carbocycles. The first-order valence-electron chi connectivity index (χ1n) is 25.4. The van der Waals surface area contributed by atoms with Crippen molar-refractivity contribution in [3.63, 3.8) is 0 Å². The largest absolute Gasteiger partial charge is 0.427 e. The lowest BCUT2D eigenvalue weighted by atomic mass is 10.0. The highest BCUT2D eigenvalue weighted by molar-refractivity contribution is 6.18. The highest BCUT2D eigenvalue weighted by Gasteiger charge is 2.30. The molecule has 0 saturated carbocycles. The number of hydrogen-bond acceptors (Lipinski definition) is 14. The minimum Gasteiger partial charge on any atom is -0.427 e. The number of H-pyrrole nitrogens is 3. The summed E-state index contributed by atoms with van der Waals surface area (Å²) in [6, 6.07) is 51.7. The molecule has 4 aliphatic heterocycles. The summed E-state index contributed by atoms with van der Waals surface area (Å²) in [6.07, 6.45) is 15.7. The molecule has 4 aromatic carbocycles. The Kier molecular flexibility index (Phi) is 16.1. The van der Waals surface area contributed by atoms with Crippen molar-refractivity contribution in [2.75, 3.05) is 5.73 Å². The van der Waals surface area contributed by atoms with Gasteiger partial charge < -0.3 is 31.1 Å². The third kappa shape index (κ3) is 11.8. The molecule has 0 amide bonds. The molecule has 406 valence electrons. The van der Waals surface area contributed by atoms with Crippen LogP contribution in [0.2, 0.25) is 0 Å². The van der Waals surface area contributed by atoms with Crippen molar-refractivity contribution in [2.45, 2.75) is 0 Å². The van der Waals surface area contributed by atoms with E-state index in [-0.39, 0.29) is 45.8 Å². The number of aromatic nitrogens is 10. The fraction of sp³-hybridized carbons (Fsp3) is 0. The minimum absolute atomic E-state index is 0.0184. The van der Waals surface area contributed by atoms with Crippen molar-refractivity contribution >= 4 is 67.6 Å². The summed E-state index contributed by atoms with van der Waals surface area (Å²) < 4.78 is 1.57. The van der Waals surface area contributed by atoms with E-state index in [4.69, 9.17) is 5.73 Å². The predicted molar refractivity (Wildman–Crippen MR) is 311 cm³/mol. The fourth-order valence-corrected chi connectivity index (χ4v) is 8.89. The highest BCUT2D eigenvalue weighted by Crippen LogP contribution is 2.35. The van der Waals surface area contributed by atoms with Crippen molar-refractivity contribution in [3.8, 4) is 22.8 Å². The second-order valence-electron chi connectivity index (χ2n) is 18.1. The summed E-state index contributed by atoms with van der Waals surface area (Å²) in [5.74, 6) is -0.150. The number of nitro groups is 1. The van der Waals surface area contributed by atoms with Crippen LogP contribution in [0.5, 0.6) is 0 Å². The van der Waals surface area contributed by atoms with Gasteiger partial charge in [-0.15, -0.1) is 0 Å². The number of pyridine rings is 5. The summed E-state index contributed by atoms with van der Waals surface area (Å²) >= 11 is 0. The van der Waals surface area contributed by atoms with E-state index in [2.05, 4.69) is 39.9 Å². The minimum atomic E-state index is -0.605. The Hall–Kier alpha value is -12.2. The van der Waals surface area contributed by atoms with Crippen LogP contribution in [0.3, 0.4) is 0 Å². The van der Waals surface area contributed by atoms with Gasteiger partial charge in [0.2, 0.25) is 0 Å². The Bertz CT molecular complexity index is 4470. The zero-order valence-electron chi connectivity index (χ0n) is 43.5. The van der Waals surface area contributed by atoms with E-state index in [1.54, 1.807) is 104 Å². The van der Waals surface area contributed by atoms with Gasteiger partial charge in [-0.1, -0.05) is 121 Å². The average Bonchev–Trinajstić information content (AvgIpc) is 3.67. The van der Waals surface area contributed by atoms with Gasteiger partial charge in [0.1, 0.15) is 22.5 Å². The lowest BCUT2D eigenvalue weighted by molar-refractivity contribution is -0.384. The molecule has 0 bridgehead atoms. The van der Waals surface area contributed by atoms with Crippen LogP contribution in [-0.4, -0.2) is 87.8 Å². The maximum absolute atomic E-state index is 12.5. The van der Waals surface area contributed by atoms with E-state index in [1.807, 2.05) is 103 Å². The van der Waals surface area contributed by atoms with Gasteiger partial charge in [-0.2, -0.15) is 9.46 Å². The number of nitrogens with one attached hydrogen (secondary N) is 3. The smallest absolute Gasteiger partial charge is 0.282 e. The Morgan fingerprint density at radius 3 is 1.59 bits per heavy atom. The van der Waals surface area contributed by atoms with Crippen LogP contribution in [0.25, 0.3) is 55.9 Å². The standard InChI is InChI=1S/C14H9N3O4.C14H11N3O.C14H10N2O2.C14H10N2O.C7H6N2/c18-13(9-4-2-1-3-5-9)10-8-15-14-12(10)11(17(20)21)6-7-16(14)19;15-11-6-7-16-14-12(11)10(8-17-14)13(18)9-4-2-1-3-5-9;17-13(10-5-2-1-3-6-10)12-9-15-14-11(12)7-4-8-16(14)18;17-13(10-5-2-1-3-6-10)12-9-16-14-11(12)7-4-8-15-14;1-2-6-3-5-9-7(6)8-4-1/h1-8,19H;1-8H,(H3,15,16,17);1-9,18H;1-9H,(H,15,16);1-5H,(H,8,9). The summed E-state index contributed by atoms with van der Waals surface area (Å²) in [4.78, 5) is 89.2. The van der Waals surface area contributed by atoms with Crippen molar-refractivity contribution in [2.24, 2.45) is 0 Å². The third-order valence-corrected chi connectivity index (χ3v) is 12.9. The molecule has 20 nitrogen and oxygen atoms in total. The second-order valence-corrected chi connectivity index (χ2v) is 18.1. The van der Waals surface area contributed by atoms with Crippen LogP contribution >= 0.6 is 0 Å². The molecule has 14 rings (SSSR count). The van der Waals surface area contributed by atoms with Gasteiger partial charge in [0.05, 0.1) is 33.2 Å². The number of carbonyl (C=O) groups is 4. The Morgan fingerprint density at radius 2 is 0.976 bits per heavy atom. The molecule has 6 aromatic heterocycles. The average molecular weight is 1100 g/mol. The SMILES string of the molecule is Nc1ccnc2[nH]cc(C(=O)c3ccccc3)c12.O=C(c1ccccc1)c1c[nH]c2ncccc12.O=C(c1ccccc1)c1cnc2n(O)ccc([N+](=O)[O-])c1-2.O=C(c1ccccc1)c1cnc2n(O)cccc1-2.c1cnc2[nH]ccc2c1. The van der Waals surface area contributed by atoms with Crippen LogP contribution < -0.4 is 5.73 Å². The van der Waals surface area contributed by atoms with Crippen molar-refractivity contribution in [1.29, 1.82) is 0 Å². The maximum Gasteiger partial charge on any atom is 0.282 e. The first kappa shape index (κ1) is 54.2. The molecular weight excluding hydrogens is 1050 g/mol. The molecule has 20 heteroatoms. The summed E-state index contributed by atoms with van der Waals surface area (Å²) in [7, 11) is 0. The quantitative estimate of drug-likeness (QED) is 0.0339. The van der Waals surface area contributed by atoms with Crippen LogP contribution in [0.15, 0.2) is 238 Å². The zero-order valence-corrected chi connectivity index (χ0v) is 43.5. The topological polar surface area (TPSA) is 300 Å². The second kappa shape index (κ2) is 24.6. The van der Waals surface area contributed by atoms with Gasteiger partial charge in [-0.25, -0.2) is 24.9 Å². The van der Waals surface area contributed by atoms with E-state index >= 15 is 0 Å². The number of ketones is 4. The van der Waals surface area contributed by atoms with Gasteiger partial charge in [0.15, 0.2) is 34.8 Å². The third-order valence-electron chi connectivity index (χ3n) is 12.9. The molecule has 4 aliphatic rings. The summed E-state index contributed by atoms with van der Waals surface area (Å²) in [6.45, 7) is 0. The number of aromatic amines is 3. The number of anilines is 1. The van der Waals surface area contributed by atoms with Crippen molar-refractivity contribution in [1.82, 2.24) is 49.3 Å². The number of nitrogens with two attached hydrogens (primary N) is 1. The molecule has 7 N–H and O–H groups in total. The lowest BCUT2D eigenvalue weighted by Gasteiger charge is -2.06.